The molecule has 0 fully saturated rings. The second-order valence-electron chi connectivity index (χ2n) is 5.38. The molecule has 2 amide bonds. The summed E-state index contributed by atoms with van der Waals surface area (Å²) in [6.45, 7) is 0.421. The molecule has 0 aliphatic carbocycles. The number of halogens is 1. The SMILES string of the molecule is O=C(NCCCO)c1cc(C(=O)NCCCO)c2ccc(F)cc2n1. The van der Waals surface area contributed by atoms with Crippen molar-refractivity contribution in [2.45, 2.75) is 12.8 Å². The Morgan fingerprint density at radius 3 is 2.28 bits per heavy atom. The number of nitrogens with zero attached hydrogens (tertiary/aromatic N) is 1. The van der Waals surface area contributed by atoms with E-state index < -0.39 is 17.6 Å². The Kier molecular flexibility index (Phi) is 6.79. The predicted molar refractivity (Wildman–Crippen MR) is 89.8 cm³/mol. The van der Waals surface area contributed by atoms with Gasteiger partial charge in [-0.1, -0.05) is 0 Å². The van der Waals surface area contributed by atoms with E-state index in [1.54, 1.807) is 0 Å². The lowest BCUT2D eigenvalue weighted by atomic mass is 10.1. The highest BCUT2D eigenvalue weighted by Gasteiger charge is 2.16. The summed E-state index contributed by atoms with van der Waals surface area (Å²) in [5.74, 6) is -1.47. The van der Waals surface area contributed by atoms with Gasteiger partial charge in [0.2, 0.25) is 0 Å². The van der Waals surface area contributed by atoms with E-state index >= 15 is 0 Å². The number of rotatable bonds is 8. The van der Waals surface area contributed by atoms with Crippen molar-refractivity contribution in [3.05, 3.63) is 41.3 Å². The number of benzene rings is 1. The number of aliphatic hydroxyl groups excluding tert-OH is 2. The topological polar surface area (TPSA) is 112 Å². The van der Waals surface area contributed by atoms with Crippen molar-refractivity contribution < 1.29 is 24.2 Å². The monoisotopic (exact) mass is 349 g/mol. The molecule has 0 spiro atoms. The molecule has 7 nitrogen and oxygen atoms in total. The number of carbonyl (C=O) groups is 2. The Bertz CT molecular complexity index is 767. The summed E-state index contributed by atoms with van der Waals surface area (Å²) in [5.41, 5.74) is 0.390. The van der Waals surface area contributed by atoms with Gasteiger partial charge in [-0.15, -0.1) is 0 Å². The first-order chi connectivity index (χ1) is 12.1. The third-order valence-corrected chi connectivity index (χ3v) is 3.49. The highest BCUT2D eigenvalue weighted by atomic mass is 19.1. The Morgan fingerprint density at radius 2 is 1.64 bits per heavy atom. The number of carbonyl (C=O) groups excluding carboxylic acids is 2. The summed E-state index contributed by atoms with van der Waals surface area (Å²) < 4.78 is 13.5. The zero-order valence-corrected chi connectivity index (χ0v) is 13.6. The molecule has 0 unspecified atom stereocenters. The van der Waals surface area contributed by atoms with E-state index in [0.717, 1.165) is 6.07 Å². The fraction of sp³-hybridized carbons (Fsp3) is 0.353. The van der Waals surface area contributed by atoms with Crippen molar-refractivity contribution in [2.24, 2.45) is 0 Å². The molecule has 0 radical (unpaired) electrons. The quantitative estimate of drug-likeness (QED) is 0.522. The number of hydrogen-bond donors (Lipinski definition) is 4. The molecule has 2 rings (SSSR count). The third-order valence-electron chi connectivity index (χ3n) is 3.49. The van der Waals surface area contributed by atoms with Gasteiger partial charge in [-0.05, 0) is 31.0 Å². The fourth-order valence-electron chi connectivity index (χ4n) is 2.25. The van der Waals surface area contributed by atoms with E-state index in [9.17, 15) is 14.0 Å². The molecule has 0 saturated heterocycles. The number of nitrogens with one attached hydrogen (secondary N) is 2. The molecule has 0 aliphatic rings. The van der Waals surface area contributed by atoms with Crippen LogP contribution in [0, 0.1) is 5.82 Å². The maximum Gasteiger partial charge on any atom is 0.269 e. The highest BCUT2D eigenvalue weighted by molar-refractivity contribution is 6.08. The lowest BCUT2D eigenvalue weighted by Crippen LogP contribution is -2.28. The molecule has 1 aromatic carbocycles. The van der Waals surface area contributed by atoms with Crippen LogP contribution in [0.3, 0.4) is 0 Å². The van der Waals surface area contributed by atoms with Crippen molar-refractivity contribution >= 4 is 22.7 Å². The van der Waals surface area contributed by atoms with Crippen LogP contribution in [0.2, 0.25) is 0 Å². The largest absolute Gasteiger partial charge is 0.396 e. The van der Waals surface area contributed by atoms with E-state index in [1.165, 1.54) is 18.2 Å². The molecule has 0 bridgehead atoms. The van der Waals surface area contributed by atoms with E-state index in [-0.39, 0.29) is 43.1 Å². The van der Waals surface area contributed by atoms with Gasteiger partial charge in [-0.3, -0.25) is 9.59 Å². The zero-order chi connectivity index (χ0) is 18.2. The summed E-state index contributed by atoms with van der Waals surface area (Å²) in [6, 6.07) is 5.16. The lowest BCUT2D eigenvalue weighted by molar-refractivity contribution is 0.0946. The molecule has 0 saturated carbocycles. The van der Waals surface area contributed by atoms with Gasteiger partial charge >= 0.3 is 0 Å². The second-order valence-corrected chi connectivity index (χ2v) is 5.38. The summed E-state index contributed by atoms with van der Waals surface area (Å²) in [5, 5.41) is 23.2. The highest BCUT2D eigenvalue weighted by Crippen LogP contribution is 2.20. The van der Waals surface area contributed by atoms with Crippen molar-refractivity contribution in [3.8, 4) is 0 Å². The first-order valence-corrected chi connectivity index (χ1v) is 7.95. The maximum absolute atomic E-state index is 13.5. The number of aromatic nitrogens is 1. The van der Waals surface area contributed by atoms with Gasteiger partial charge in [0, 0.05) is 37.8 Å². The first kappa shape index (κ1) is 18.8. The van der Waals surface area contributed by atoms with Gasteiger partial charge in [0.1, 0.15) is 11.5 Å². The van der Waals surface area contributed by atoms with E-state index in [0.29, 0.717) is 18.2 Å². The van der Waals surface area contributed by atoms with E-state index in [1.807, 2.05) is 0 Å². The minimum absolute atomic E-state index is 0.0108. The van der Waals surface area contributed by atoms with Gasteiger partial charge in [-0.25, -0.2) is 9.37 Å². The summed E-state index contributed by atoms with van der Waals surface area (Å²) >= 11 is 0. The van der Waals surface area contributed by atoms with Crippen LogP contribution < -0.4 is 10.6 Å². The van der Waals surface area contributed by atoms with Gasteiger partial charge in [0.05, 0.1) is 11.1 Å². The average Bonchev–Trinajstić information content (AvgIpc) is 2.60. The number of amides is 2. The summed E-state index contributed by atoms with van der Waals surface area (Å²) in [6.07, 6.45) is 0.792. The molecular formula is C17H20FN3O4. The molecule has 1 aromatic heterocycles. The number of fused-ring (bicyclic) bond motifs is 1. The van der Waals surface area contributed by atoms with Gasteiger partial charge < -0.3 is 20.8 Å². The van der Waals surface area contributed by atoms with Crippen LogP contribution in [0.4, 0.5) is 4.39 Å². The smallest absolute Gasteiger partial charge is 0.269 e. The molecule has 1 heterocycles. The molecular weight excluding hydrogens is 329 g/mol. The molecule has 134 valence electrons. The molecule has 4 N–H and O–H groups in total. The standard InChI is InChI=1S/C17H20FN3O4/c18-11-3-4-12-13(16(24)19-5-1-7-22)10-15(21-14(12)9-11)17(25)20-6-2-8-23/h3-4,9-10,22-23H,1-2,5-8H2,(H,19,24)(H,20,25). The lowest BCUT2D eigenvalue weighted by Gasteiger charge is -2.10. The zero-order valence-electron chi connectivity index (χ0n) is 13.6. The summed E-state index contributed by atoms with van der Waals surface area (Å²) in [4.78, 5) is 28.7. The van der Waals surface area contributed by atoms with Crippen molar-refractivity contribution in [1.29, 1.82) is 0 Å². The van der Waals surface area contributed by atoms with E-state index in [2.05, 4.69) is 15.6 Å². The molecule has 0 aliphatic heterocycles. The van der Waals surface area contributed by atoms with Crippen LogP contribution in [-0.4, -0.2) is 53.3 Å². The average molecular weight is 349 g/mol. The number of pyridine rings is 1. The van der Waals surface area contributed by atoms with Crippen molar-refractivity contribution in [2.75, 3.05) is 26.3 Å². The fourth-order valence-corrected chi connectivity index (χ4v) is 2.25. The van der Waals surface area contributed by atoms with Crippen LogP contribution in [0.5, 0.6) is 0 Å². The normalized spacial score (nSPS) is 10.7. The third kappa shape index (κ3) is 4.94. The van der Waals surface area contributed by atoms with Crippen LogP contribution in [-0.2, 0) is 0 Å². The van der Waals surface area contributed by atoms with Gasteiger partial charge in [0.25, 0.3) is 11.8 Å². The Hall–Kier alpha value is -2.58. The van der Waals surface area contributed by atoms with Crippen LogP contribution in [0.25, 0.3) is 10.9 Å². The van der Waals surface area contributed by atoms with Crippen molar-refractivity contribution in [1.82, 2.24) is 15.6 Å². The van der Waals surface area contributed by atoms with Gasteiger partial charge in [0.15, 0.2) is 0 Å². The van der Waals surface area contributed by atoms with Crippen LogP contribution >= 0.6 is 0 Å². The first-order valence-electron chi connectivity index (χ1n) is 7.95. The predicted octanol–water partition coefficient (Wildman–Crippen LogP) is 0.598. The molecule has 25 heavy (non-hydrogen) atoms. The number of aliphatic hydroxyl groups is 2. The number of hydrogen-bond acceptors (Lipinski definition) is 5. The van der Waals surface area contributed by atoms with Crippen molar-refractivity contribution in [3.63, 3.8) is 0 Å². The second kappa shape index (κ2) is 9.05. The summed E-state index contributed by atoms with van der Waals surface area (Å²) in [7, 11) is 0. The maximum atomic E-state index is 13.5. The van der Waals surface area contributed by atoms with E-state index in [4.69, 9.17) is 10.2 Å². The molecule has 8 heteroatoms. The molecule has 0 atom stereocenters. The molecule has 2 aromatic rings. The Balaban J connectivity index is 2.36. The van der Waals surface area contributed by atoms with Gasteiger partial charge in [-0.2, -0.15) is 0 Å². The minimum atomic E-state index is -0.524. The van der Waals surface area contributed by atoms with Crippen LogP contribution in [0.15, 0.2) is 24.3 Å². The van der Waals surface area contributed by atoms with Crippen LogP contribution in [0.1, 0.15) is 33.7 Å². The Labute approximate surface area is 143 Å². The Morgan fingerprint density at radius 1 is 1.00 bits per heavy atom. The minimum Gasteiger partial charge on any atom is -0.396 e.